The smallest absolute Gasteiger partial charge is 0.206 e. The number of nitrogens with zero attached hydrogens (tertiary/aromatic N) is 1. The van der Waals surface area contributed by atoms with Gasteiger partial charge in [-0.3, -0.25) is 0 Å². The first kappa shape index (κ1) is 9.32. The van der Waals surface area contributed by atoms with Crippen LogP contribution in [0.3, 0.4) is 0 Å². The van der Waals surface area contributed by atoms with E-state index in [9.17, 15) is 0 Å². The molecule has 0 aliphatic carbocycles. The summed E-state index contributed by atoms with van der Waals surface area (Å²) in [6.45, 7) is 0. The highest BCUT2D eigenvalue weighted by Gasteiger charge is 2.14. The van der Waals surface area contributed by atoms with Gasteiger partial charge in [-0.2, -0.15) is 5.26 Å². The molecule has 3 nitrogen and oxygen atoms in total. The van der Waals surface area contributed by atoms with Crippen LogP contribution in [0.4, 0.5) is 0 Å². The summed E-state index contributed by atoms with van der Waals surface area (Å²) in [5.74, 6) is 0. The van der Waals surface area contributed by atoms with Crippen molar-refractivity contribution in [3.63, 3.8) is 0 Å². The molecule has 0 bridgehead atoms. The highest BCUT2D eigenvalue weighted by Crippen LogP contribution is 2.35. The minimum absolute atomic E-state index is 0.642. The molecule has 0 spiro atoms. The van der Waals surface area contributed by atoms with Crippen LogP contribution in [0.2, 0.25) is 0 Å². The monoisotopic (exact) mass is 232 g/mol. The average molecular weight is 232 g/mol. The number of hydrogen-bond donors (Lipinski definition) is 1. The second-order valence-electron chi connectivity index (χ2n) is 4.27. The van der Waals surface area contributed by atoms with Gasteiger partial charge in [-0.15, -0.1) is 0 Å². The molecule has 2 aromatic heterocycles. The quantitative estimate of drug-likeness (QED) is 0.499. The maximum Gasteiger partial charge on any atom is 0.206 e. The number of furan rings is 1. The van der Waals surface area contributed by atoms with Gasteiger partial charge in [-0.25, -0.2) is 0 Å². The number of nitriles is 1. The number of hydrogen-bond acceptors (Lipinski definition) is 2. The zero-order valence-corrected chi connectivity index (χ0v) is 9.40. The van der Waals surface area contributed by atoms with Gasteiger partial charge in [0.1, 0.15) is 11.7 Å². The Morgan fingerprint density at radius 2 is 1.83 bits per heavy atom. The maximum absolute atomic E-state index is 9.11. The summed E-state index contributed by atoms with van der Waals surface area (Å²) in [4.78, 5) is 3.20. The zero-order chi connectivity index (χ0) is 12.1. The zero-order valence-electron chi connectivity index (χ0n) is 9.40. The standard InChI is InChI=1S/C15H8N2O/c16-8-9-4-3-6-11-13-10-5-1-2-7-12(10)18-15(13)17-14(9)11/h1-7,17H. The number of H-pyrrole nitrogens is 1. The van der Waals surface area contributed by atoms with Crippen LogP contribution in [0.15, 0.2) is 46.9 Å². The van der Waals surface area contributed by atoms with Crippen LogP contribution in [-0.2, 0) is 0 Å². The molecule has 0 unspecified atom stereocenters. The summed E-state index contributed by atoms with van der Waals surface area (Å²) >= 11 is 0. The van der Waals surface area contributed by atoms with Crippen LogP contribution in [0, 0.1) is 11.3 Å². The molecular weight excluding hydrogens is 224 g/mol. The number of aromatic amines is 1. The second-order valence-corrected chi connectivity index (χ2v) is 4.27. The van der Waals surface area contributed by atoms with Gasteiger partial charge >= 0.3 is 0 Å². The van der Waals surface area contributed by atoms with Gasteiger partial charge in [0.05, 0.1) is 16.5 Å². The predicted octanol–water partition coefficient (Wildman–Crippen LogP) is 3.94. The molecular formula is C15H8N2O. The Hall–Kier alpha value is -2.73. The molecule has 0 aliphatic rings. The van der Waals surface area contributed by atoms with E-state index in [0.717, 1.165) is 33.0 Å². The summed E-state index contributed by atoms with van der Waals surface area (Å²) in [5.41, 5.74) is 3.08. The minimum atomic E-state index is 0.642. The fourth-order valence-corrected chi connectivity index (χ4v) is 2.50. The van der Waals surface area contributed by atoms with Crippen molar-refractivity contribution in [2.24, 2.45) is 0 Å². The van der Waals surface area contributed by atoms with Crippen molar-refractivity contribution in [1.82, 2.24) is 4.98 Å². The Morgan fingerprint density at radius 3 is 2.72 bits per heavy atom. The van der Waals surface area contributed by atoms with Crippen molar-refractivity contribution in [1.29, 1.82) is 5.26 Å². The van der Waals surface area contributed by atoms with Gasteiger partial charge in [0, 0.05) is 10.8 Å². The van der Waals surface area contributed by atoms with E-state index < -0.39 is 0 Å². The number of para-hydroxylation sites is 2. The normalized spacial score (nSPS) is 11.3. The summed E-state index contributed by atoms with van der Waals surface area (Å²) in [6, 6.07) is 15.8. The van der Waals surface area contributed by atoms with E-state index in [4.69, 9.17) is 9.68 Å². The first-order chi connectivity index (χ1) is 8.88. The molecule has 1 N–H and O–H groups in total. The minimum Gasteiger partial charge on any atom is -0.440 e. The van der Waals surface area contributed by atoms with Gasteiger partial charge in [-0.05, 0) is 12.1 Å². The van der Waals surface area contributed by atoms with Crippen LogP contribution in [0.5, 0.6) is 0 Å². The number of rotatable bonds is 0. The molecule has 4 rings (SSSR count). The third kappa shape index (κ3) is 1.02. The van der Waals surface area contributed by atoms with E-state index in [1.54, 1.807) is 6.07 Å². The lowest BCUT2D eigenvalue weighted by Gasteiger charge is -1.93. The van der Waals surface area contributed by atoms with Crippen molar-refractivity contribution in [2.45, 2.75) is 0 Å². The van der Waals surface area contributed by atoms with Crippen molar-refractivity contribution in [2.75, 3.05) is 0 Å². The Labute approximate surface area is 102 Å². The van der Waals surface area contributed by atoms with Crippen LogP contribution >= 0.6 is 0 Å². The van der Waals surface area contributed by atoms with E-state index in [1.807, 2.05) is 36.4 Å². The summed E-state index contributed by atoms with van der Waals surface area (Å²) in [6.07, 6.45) is 0. The Morgan fingerprint density at radius 1 is 1.00 bits per heavy atom. The van der Waals surface area contributed by atoms with Crippen LogP contribution < -0.4 is 0 Å². The van der Waals surface area contributed by atoms with Crippen LogP contribution in [0.25, 0.3) is 33.0 Å². The van der Waals surface area contributed by atoms with Crippen molar-refractivity contribution >= 4 is 33.0 Å². The predicted molar refractivity (Wildman–Crippen MR) is 70.3 cm³/mol. The Balaban J connectivity index is 2.32. The molecule has 2 heterocycles. The van der Waals surface area contributed by atoms with Gasteiger partial charge in [0.15, 0.2) is 0 Å². The van der Waals surface area contributed by atoms with Crippen LogP contribution in [-0.4, -0.2) is 4.98 Å². The molecule has 0 amide bonds. The van der Waals surface area contributed by atoms with E-state index >= 15 is 0 Å². The fraction of sp³-hybridized carbons (Fsp3) is 0. The second kappa shape index (κ2) is 3.14. The van der Waals surface area contributed by atoms with E-state index in [2.05, 4.69) is 11.1 Å². The summed E-state index contributed by atoms with van der Waals surface area (Å²) in [5, 5.41) is 12.3. The van der Waals surface area contributed by atoms with E-state index in [1.165, 1.54) is 0 Å². The third-order valence-electron chi connectivity index (χ3n) is 3.29. The average Bonchev–Trinajstić information content (AvgIpc) is 2.93. The van der Waals surface area contributed by atoms with Crippen molar-refractivity contribution in [3.05, 3.63) is 48.0 Å². The van der Waals surface area contributed by atoms with Crippen LogP contribution in [0.1, 0.15) is 5.56 Å². The third-order valence-corrected chi connectivity index (χ3v) is 3.29. The van der Waals surface area contributed by atoms with Gasteiger partial charge in [-0.1, -0.05) is 30.3 Å². The van der Waals surface area contributed by atoms with Gasteiger partial charge in [0.25, 0.3) is 0 Å². The SMILES string of the molecule is N#Cc1cccc2c1[nH]c1oc3ccccc3c12. The van der Waals surface area contributed by atoms with Gasteiger partial charge in [0.2, 0.25) is 5.71 Å². The fourth-order valence-electron chi connectivity index (χ4n) is 2.50. The molecule has 0 radical (unpaired) electrons. The first-order valence-corrected chi connectivity index (χ1v) is 5.70. The first-order valence-electron chi connectivity index (χ1n) is 5.70. The van der Waals surface area contributed by atoms with Crippen molar-refractivity contribution in [3.8, 4) is 6.07 Å². The highest BCUT2D eigenvalue weighted by atomic mass is 16.3. The topological polar surface area (TPSA) is 52.7 Å². The molecule has 84 valence electrons. The van der Waals surface area contributed by atoms with E-state index in [0.29, 0.717) is 5.56 Å². The lowest BCUT2D eigenvalue weighted by atomic mass is 10.1. The molecule has 3 heteroatoms. The lowest BCUT2D eigenvalue weighted by Crippen LogP contribution is -1.76. The number of fused-ring (bicyclic) bond motifs is 5. The van der Waals surface area contributed by atoms with Crippen molar-refractivity contribution < 1.29 is 4.42 Å². The lowest BCUT2D eigenvalue weighted by molar-refractivity contribution is 0.657. The Kier molecular flexibility index (Phi) is 1.63. The summed E-state index contributed by atoms with van der Waals surface area (Å²) in [7, 11) is 0. The molecule has 0 atom stereocenters. The largest absolute Gasteiger partial charge is 0.440 e. The Bertz CT molecular complexity index is 938. The van der Waals surface area contributed by atoms with Gasteiger partial charge < -0.3 is 9.40 Å². The molecule has 0 saturated heterocycles. The molecule has 0 aliphatic heterocycles. The molecule has 18 heavy (non-hydrogen) atoms. The maximum atomic E-state index is 9.11. The number of aromatic nitrogens is 1. The highest BCUT2D eigenvalue weighted by molar-refractivity contribution is 6.19. The molecule has 0 fully saturated rings. The molecule has 0 saturated carbocycles. The molecule has 2 aromatic carbocycles. The number of benzene rings is 2. The molecule has 4 aromatic rings. The summed E-state index contributed by atoms with van der Waals surface area (Å²) < 4.78 is 5.77. The number of nitrogens with one attached hydrogen (secondary N) is 1. The van der Waals surface area contributed by atoms with E-state index in [-0.39, 0.29) is 0 Å².